The van der Waals surface area contributed by atoms with E-state index in [1.807, 2.05) is 44.4 Å². The molecule has 7 heteroatoms. The second-order valence-electron chi connectivity index (χ2n) is 6.27. The number of thioether (sulfide) groups is 1. The van der Waals surface area contributed by atoms with Gasteiger partial charge in [-0.05, 0) is 37.8 Å². The van der Waals surface area contributed by atoms with Gasteiger partial charge in [0.2, 0.25) is 5.91 Å². The molecule has 0 aliphatic carbocycles. The molecule has 0 radical (unpaired) electrons. The third kappa shape index (κ3) is 3.42. The second kappa shape index (κ2) is 6.92. The van der Waals surface area contributed by atoms with E-state index < -0.39 is 0 Å². The number of amides is 1. The number of carbonyl (C=O) groups excluding carboxylic acids is 1. The standard InChI is InChI=1S/C18H21N3O3S/c1-10(2)24-12-7-5-11(6-8-12)13-9-14(22)19-16-15(13)17(23)20-18(25-4)21(16)3/h5-8,10,13H,9H2,1-4H3,(H,19,22). The van der Waals surface area contributed by atoms with E-state index in [-0.39, 0.29) is 29.9 Å². The molecule has 0 saturated carbocycles. The van der Waals surface area contributed by atoms with Crippen LogP contribution < -0.4 is 15.6 Å². The summed E-state index contributed by atoms with van der Waals surface area (Å²) < 4.78 is 7.43. The molecule has 3 rings (SSSR count). The lowest BCUT2D eigenvalue weighted by Crippen LogP contribution is -2.33. The van der Waals surface area contributed by atoms with Crippen molar-refractivity contribution in [3.63, 3.8) is 0 Å². The quantitative estimate of drug-likeness (QED) is 0.671. The zero-order chi connectivity index (χ0) is 18.1. The molecule has 1 aliphatic heterocycles. The molecule has 25 heavy (non-hydrogen) atoms. The molecule has 0 bridgehead atoms. The molecule has 0 saturated heterocycles. The van der Waals surface area contributed by atoms with Crippen molar-refractivity contribution in [1.29, 1.82) is 0 Å². The molecule has 0 fully saturated rings. The van der Waals surface area contributed by atoms with Gasteiger partial charge in [-0.3, -0.25) is 9.59 Å². The zero-order valence-corrected chi connectivity index (χ0v) is 15.5. The van der Waals surface area contributed by atoms with E-state index in [1.54, 1.807) is 11.6 Å². The van der Waals surface area contributed by atoms with E-state index in [0.29, 0.717) is 16.5 Å². The monoisotopic (exact) mass is 359 g/mol. The van der Waals surface area contributed by atoms with Crippen LogP contribution in [0.1, 0.15) is 37.3 Å². The lowest BCUT2D eigenvalue weighted by molar-refractivity contribution is -0.116. The van der Waals surface area contributed by atoms with Crippen molar-refractivity contribution in [2.45, 2.75) is 37.4 Å². The first-order valence-electron chi connectivity index (χ1n) is 8.12. The first-order chi connectivity index (χ1) is 11.9. The van der Waals surface area contributed by atoms with Gasteiger partial charge >= 0.3 is 0 Å². The molecule has 1 aromatic carbocycles. The number of nitrogens with one attached hydrogen (secondary N) is 1. The summed E-state index contributed by atoms with van der Waals surface area (Å²) >= 11 is 1.37. The third-order valence-electron chi connectivity index (χ3n) is 4.14. The van der Waals surface area contributed by atoms with Gasteiger partial charge < -0.3 is 14.6 Å². The predicted molar refractivity (Wildman–Crippen MR) is 98.6 cm³/mol. The maximum absolute atomic E-state index is 12.6. The molecule has 1 unspecified atom stereocenters. The van der Waals surface area contributed by atoms with E-state index in [2.05, 4.69) is 10.3 Å². The molecule has 1 N–H and O–H groups in total. The smallest absolute Gasteiger partial charge is 0.279 e. The number of hydrogen-bond donors (Lipinski definition) is 1. The van der Waals surface area contributed by atoms with Crippen LogP contribution in [0.3, 0.4) is 0 Å². The fourth-order valence-corrected chi connectivity index (χ4v) is 3.59. The predicted octanol–water partition coefficient (Wildman–Crippen LogP) is 2.76. The van der Waals surface area contributed by atoms with Crippen molar-refractivity contribution in [3.05, 3.63) is 45.7 Å². The number of fused-ring (bicyclic) bond motifs is 1. The maximum Gasteiger partial charge on any atom is 0.279 e. The number of aromatic nitrogens is 2. The Morgan fingerprint density at radius 1 is 1.28 bits per heavy atom. The van der Waals surface area contributed by atoms with E-state index in [1.165, 1.54) is 11.8 Å². The highest BCUT2D eigenvalue weighted by Gasteiger charge is 2.31. The number of rotatable bonds is 4. The van der Waals surface area contributed by atoms with Gasteiger partial charge in [0.15, 0.2) is 5.16 Å². The third-order valence-corrected chi connectivity index (χ3v) is 4.87. The Kier molecular flexibility index (Phi) is 4.85. The number of benzene rings is 1. The first kappa shape index (κ1) is 17.5. The average molecular weight is 359 g/mol. The summed E-state index contributed by atoms with van der Waals surface area (Å²) in [5, 5.41) is 3.40. The Hall–Kier alpha value is -2.28. The largest absolute Gasteiger partial charge is 0.491 e. The molecule has 2 heterocycles. The van der Waals surface area contributed by atoms with Crippen LogP contribution in [0.25, 0.3) is 0 Å². The van der Waals surface area contributed by atoms with Crippen LogP contribution in [-0.4, -0.2) is 27.8 Å². The van der Waals surface area contributed by atoms with E-state index in [4.69, 9.17) is 4.74 Å². The van der Waals surface area contributed by atoms with Gasteiger partial charge in [-0.25, -0.2) is 0 Å². The van der Waals surface area contributed by atoms with Crippen molar-refractivity contribution in [1.82, 2.24) is 9.55 Å². The van der Waals surface area contributed by atoms with Gasteiger partial charge in [0.05, 0.1) is 11.7 Å². The topological polar surface area (TPSA) is 73.2 Å². The van der Waals surface area contributed by atoms with Crippen LogP contribution in [0.4, 0.5) is 5.82 Å². The van der Waals surface area contributed by atoms with Gasteiger partial charge in [-0.2, -0.15) is 4.98 Å². The van der Waals surface area contributed by atoms with Crippen LogP contribution in [0.5, 0.6) is 5.75 Å². The van der Waals surface area contributed by atoms with Crippen LogP contribution >= 0.6 is 11.8 Å². The highest BCUT2D eigenvalue weighted by molar-refractivity contribution is 7.98. The SMILES string of the molecule is CSc1nc(=O)c2c(n1C)NC(=O)CC2c1ccc(OC(C)C)cc1. The first-order valence-corrected chi connectivity index (χ1v) is 9.34. The molecular weight excluding hydrogens is 338 g/mol. The molecule has 1 amide bonds. The molecule has 132 valence electrons. The van der Waals surface area contributed by atoms with Gasteiger partial charge in [0.1, 0.15) is 11.6 Å². The molecule has 2 aromatic rings. The van der Waals surface area contributed by atoms with Gasteiger partial charge in [0, 0.05) is 19.4 Å². The number of hydrogen-bond acceptors (Lipinski definition) is 5. The summed E-state index contributed by atoms with van der Waals surface area (Å²) in [4.78, 5) is 28.9. The Balaban J connectivity index is 2.06. The van der Waals surface area contributed by atoms with Gasteiger partial charge in [-0.15, -0.1) is 0 Å². The number of ether oxygens (including phenoxy) is 1. The van der Waals surface area contributed by atoms with Gasteiger partial charge in [-0.1, -0.05) is 23.9 Å². The minimum Gasteiger partial charge on any atom is -0.491 e. The van der Waals surface area contributed by atoms with Crippen LogP contribution in [0.15, 0.2) is 34.2 Å². The summed E-state index contributed by atoms with van der Waals surface area (Å²) in [7, 11) is 1.80. The second-order valence-corrected chi connectivity index (χ2v) is 7.04. The Morgan fingerprint density at radius 2 is 1.96 bits per heavy atom. The van der Waals surface area contributed by atoms with E-state index in [0.717, 1.165) is 11.3 Å². The number of carbonyl (C=O) groups is 1. The van der Waals surface area contributed by atoms with Crippen molar-refractivity contribution in [3.8, 4) is 5.75 Å². The van der Waals surface area contributed by atoms with Crippen LogP contribution in [0.2, 0.25) is 0 Å². The molecular formula is C18H21N3O3S. The van der Waals surface area contributed by atoms with E-state index in [9.17, 15) is 9.59 Å². The molecule has 6 nitrogen and oxygen atoms in total. The van der Waals surface area contributed by atoms with E-state index >= 15 is 0 Å². The normalized spacial score (nSPS) is 16.5. The highest BCUT2D eigenvalue weighted by atomic mass is 32.2. The summed E-state index contributed by atoms with van der Waals surface area (Å²) in [5.41, 5.74) is 1.16. The number of anilines is 1. The average Bonchev–Trinajstić information content (AvgIpc) is 2.57. The maximum atomic E-state index is 12.6. The Morgan fingerprint density at radius 3 is 2.56 bits per heavy atom. The summed E-state index contributed by atoms with van der Waals surface area (Å²) in [6, 6.07) is 7.56. The minimum absolute atomic E-state index is 0.0912. The van der Waals surface area contributed by atoms with Gasteiger partial charge in [0.25, 0.3) is 5.56 Å². The van der Waals surface area contributed by atoms with Crippen molar-refractivity contribution >= 4 is 23.5 Å². The van der Waals surface area contributed by atoms with Crippen molar-refractivity contribution < 1.29 is 9.53 Å². The number of nitrogens with zero attached hydrogens (tertiary/aromatic N) is 2. The van der Waals surface area contributed by atoms with Crippen LogP contribution in [0, 0.1) is 0 Å². The summed E-state index contributed by atoms with van der Waals surface area (Å²) in [6.45, 7) is 3.93. The zero-order valence-electron chi connectivity index (χ0n) is 14.7. The fourth-order valence-electron chi connectivity index (χ4n) is 3.05. The lowest BCUT2D eigenvalue weighted by Gasteiger charge is -2.27. The lowest BCUT2D eigenvalue weighted by atomic mass is 9.87. The summed E-state index contributed by atoms with van der Waals surface area (Å²) in [6.07, 6.45) is 2.17. The fraction of sp³-hybridized carbons (Fsp3) is 0.389. The molecule has 1 aliphatic rings. The molecule has 1 aromatic heterocycles. The molecule has 0 spiro atoms. The van der Waals surface area contributed by atoms with Crippen molar-refractivity contribution in [2.75, 3.05) is 11.6 Å². The molecule has 1 atom stereocenters. The highest BCUT2D eigenvalue weighted by Crippen LogP contribution is 2.36. The van der Waals surface area contributed by atoms with Crippen LogP contribution in [-0.2, 0) is 11.8 Å². The Labute approximate surface area is 150 Å². The van der Waals surface area contributed by atoms with Crippen molar-refractivity contribution in [2.24, 2.45) is 7.05 Å². The summed E-state index contributed by atoms with van der Waals surface area (Å²) in [5.74, 6) is 0.892. The minimum atomic E-state index is -0.307. The Bertz CT molecular complexity index is 859.